The van der Waals surface area contributed by atoms with E-state index in [-0.39, 0.29) is 16.7 Å². The lowest BCUT2D eigenvalue weighted by atomic mass is 9.84. The average molecular weight is 465 g/mol. The van der Waals surface area contributed by atoms with Gasteiger partial charge in [-0.05, 0) is 53.6 Å². The predicted octanol–water partition coefficient (Wildman–Crippen LogP) is 4.82. The zero-order valence-electron chi connectivity index (χ0n) is 21.3. The van der Waals surface area contributed by atoms with E-state index in [1.165, 1.54) is 0 Å². The van der Waals surface area contributed by atoms with Crippen LogP contribution in [0.2, 0.25) is 0 Å². The molecule has 1 atom stereocenters. The van der Waals surface area contributed by atoms with Crippen LogP contribution in [0.4, 0.5) is 5.69 Å². The number of carbonyl (C=O) groups is 2. The van der Waals surface area contributed by atoms with Gasteiger partial charge >= 0.3 is 0 Å². The lowest BCUT2D eigenvalue weighted by Crippen LogP contribution is -2.31. The average Bonchev–Trinajstić information content (AvgIpc) is 3.03. The maximum absolute atomic E-state index is 13.3. The van der Waals surface area contributed by atoms with Gasteiger partial charge in [-0.3, -0.25) is 9.59 Å². The van der Waals surface area contributed by atoms with Crippen molar-refractivity contribution in [3.8, 4) is 0 Å². The quantitative estimate of drug-likeness (QED) is 0.275. The number of likely N-dealkylation sites (tertiary alicyclic amines) is 1. The third kappa shape index (κ3) is 5.02. The van der Waals surface area contributed by atoms with E-state index in [9.17, 15) is 14.7 Å². The molecule has 0 saturated carbocycles. The standard InChI is InChI=1S/C28H36N2O4/c1-18-9-12-20(28(2,3)4)17-22(18)25(31)23-24(19-10-13-21(14-11-19)29(5)6)30(15-8-16-34-7)27(33)26(23)32/h9-14,17,24,31H,8,15-16H2,1-7H3/b25-23+. The molecule has 34 heavy (non-hydrogen) atoms. The molecule has 1 saturated heterocycles. The number of anilines is 1. The Balaban J connectivity index is 2.19. The number of carbonyl (C=O) groups excluding carboxylic acids is 2. The molecule has 1 aliphatic rings. The number of methoxy groups -OCH3 is 1. The van der Waals surface area contributed by atoms with Gasteiger partial charge < -0.3 is 19.6 Å². The fraction of sp³-hybridized carbons (Fsp3) is 0.429. The van der Waals surface area contributed by atoms with Crippen molar-refractivity contribution in [3.05, 3.63) is 70.3 Å². The molecule has 6 heteroatoms. The van der Waals surface area contributed by atoms with Crippen molar-refractivity contribution in [2.75, 3.05) is 39.3 Å². The summed E-state index contributed by atoms with van der Waals surface area (Å²) < 4.78 is 5.16. The third-order valence-electron chi connectivity index (χ3n) is 6.37. The van der Waals surface area contributed by atoms with Gasteiger partial charge in [-0.25, -0.2) is 0 Å². The Morgan fingerprint density at radius 1 is 1.09 bits per heavy atom. The number of ether oxygens (including phenoxy) is 1. The second-order valence-electron chi connectivity index (χ2n) is 10.1. The van der Waals surface area contributed by atoms with Crippen molar-refractivity contribution < 1.29 is 19.4 Å². The molecule has 1 unspecified atom stereocenters. The fourth-order valence-corrected chi connectivity index (χ4v) is 4.28. The van der Waals surface area contributed by atoms with Crippen molar-refractivity contribution in [1.82, 2.24) is 4.90 Å². The molecule has 1 fully saturated rings. The van der Waals surface area contributed by atoms with E-state index in [4.69, 9.17) is 4.74 Å². The second-order valence-corrected chi connectivity index (χ2v) is 10.1. The number of ketones is 1. The molecule has 182 valence electrons. The van der Waals surface area contributed by atoms with Crippen LogP contribution in [0.5, 0.6) is 0 Å². The number of Topliss-reactive ketones (excluding diaryl/α,β-unsaturated/α-hetero) is 1. The van der Waals surface area contributed by atoms with Crippen LogP contribution < -0.4 is 4.90 Å². The first-order valence-electron chi connectivity index (χ1n) is 11.6. The molecule has 2 aromatic rings. The number of hydrogen-bond donors (Lipinski definition) is 1. The summed E-state index contributed by atoms with van der Waals surface area (Å²) >= 11 is 0. The molecule has 0 spiro atoms. The van der Waals surface area contributed by atoms with E-state index in [2.05, 4.69) is 20.8 Å². The third-order valence-corrected chi connectivity index (χ3v) is 6.37. The highest BCUT2D eigenvalue weighted by molar-refractivity contribution is 6.46. The van der Waals surface area contributed by atoms with Crippen LogP contribution in [0.3, 0.4) is 0 Å². The normalized spacial score (nSPS) is 18.0. The van der Waals surface area contributed by atoms with Crippen molar-refractivity contribution in [1.29, 1.82) is 0 Å². The van der Waals surface area contributed by atoms with Crippen molar-refractivity contribution in [3.63, 3.8) is 0 Å². The van der Waals surface area contributed by atoms with Crippen molar-refractivity contribution >= 4 is 23.1 Å². The monoisotopic (exact) mass is 464 g/mol. The first-order valence-corrected chi connectivity index (χ1v) is 11.6. The number of aliphatic hydroxyl groups is 1. The molecule has 1 aliphatic heterocycles. The Hall–Kier alpha value is -3.12. The maximum Gasteiger partial charge on any atom is 0.295 e. The van der Waals surface area contributed by atoms with Crippen LogP contribution in [0.25, 0.3) is 5.76 Å². The number of aliphatic hydroxyl groups excluding tert-OH is 1. The summed E-state index contributed by atoms with van der Waals surface area (Å²) in [5.74, 6) is -1.38. The van der Waals surface area contributed by atoms with Gasteiger partial charge in [0, 0.05) is 45.6 Å². The Labute approximate surface area is 202 Å². The van der Waals surface area contributed by atoms with Crippen LogP contribution in [-0.4, -0.2) is 56.1 Å². The van der Waals surface area contributed by atoms with E-state index >= 15 is 0 Å². The Kier molecular flexibility index (Phi) is 7.51. The summed E-state index contributed by atoms with van der Waals surface area (Å²) in [7, 11) is 5.52. The molecular weight excluding hydrogens is 428 g/mol. The Bertz CT molecular complexity index is 1090. The first kappa shape index (κ1) is 25.5. The summed E-state index contributed by atoms with van der Waals surface area (Å²) in [6.45, 7) is 9.03. The van der Waals surface area contributed by atoms with Gasteiger partial charge in [-0.15, -0.1) is 0 Å². The Morgan fingerprint density at radius 2 is 1.74 bits per heavy atom. The van der Waals surface area contributed by atoms with Gasteiger partial charge in [-0.1, -0.05) is 45.0 Å². The highest BCUT2D eigenvalue weighted by Crippen LogP contribution is 2.41. The van der Waals surface area contributed by atoms with Gasteiger partial charge in [-0.2, -0.15) is 0 Å². The van der Waals surface area contributed by atoms with Gasteiger partial charge in [0.05, 0.1) is 11.6 Å². The number of benzene rings is 2. The first-order chi connectivity index (χ1) is 16.0. The molecule has 0 aliphatic carbocycles. The molecule has 0 aromatic heterocycles. The number of amides is 1. The van der Waals surface area contributed by atoms with Crippen molar-refractivity contribution in [2.45, 2.75) is 45.6 Å². The molecule has 3 rings (SSSR count). The summed E-state index contributed by atoms with van der Waals surface area (Å²) in [6, 6.07) is 13.0. The maximum atomic E-state index is 13.3. The highest BCUT2D eigenvalue weighted by Gasteiger charge is 2.46. The van der Waals surface area contributed by atoms with E-state index < -0.39 is 17.7 Å². The molecule has 6 nitrogen and oxygen atoms in total. The fourth-order valence-electron chi connectivity index (χ4n) is 4.28. The van der Waals surface area contributed by atoms with Gasteiger partial charge in [0.2, 0.25) is 0 Å². The highest BCUT2D eigenvalue weighted by atomic mass is 16.5. The van der Waals surface area contributed by atoms with Crippen LogP contribution in [-0.2, 0) is 19.7 Å². The van der Waals surface area contributed by atoms with E-state index in [1.54, 1.807) is 12.0 Å². The minimum atomic E-state index is -0.661. The van der Waals surface area contributed by atoms with Gasteiger partial charge in [0.15, 0.2) is 0 Å². The molecule has 1 heterocycles. The SMILES string of the molecule is COCCCN1C(=O)C(=O)/C(=C(/O)c2cc(C(C)(C)C)ccc2C)C1c1ccc(N(C)C)cc1. The summed E-state index contributed by atoms with van der Waals surface area (Å²) in [6.07, 6.45) is 0.592. The molecule has 0 radical (unpaired) electrons. The number of rotatable bonds is 7. The lowest BCUT2D eigenvalue weighted by molar-refractivity contribution is -0.140. The van der Waals surface area contributed by atoms with Gasteiger partial charge in [0.25, 0.3) is 11.7 Å². The smallest absolute Gasteiger partial charge is 0.295 e. The Morgan fingerprint density at radius 3 is 2.29 bits per heavy atom. The number of hydrogen-bond acceptors (Lipinski definition) is 5. The molecule has 1 N–H and O–H groups in total. The van der Waals surface area contributed by atoms with E-state index in [0.29, 0.717) is 25.1 Å². The van der Waals surface area contributed by atoms with Crippen LogP contribution in [0.1, 0.15) is 55.5 Å². The molecule has 0 bridgehead atoms. The minimum absolute atomic E-state index is 0.127. The second kappa shape index (κ2) is 10.0. The number of nitrogens with zero attached hydrogens (tertiary/aromatic N) is 2. The van der Waals surface area contributed by atoms with Crippen LogP contribution in [0, 0.1) is 6.92 Å². The predicted molar refractivity (Wildman–Crippen MR) is 136 cm³/mol. The van der Waals surface area contributed by atoms with Gasteiger partial charge in [0.1, 0.15) is 5.76 Å². The lowest BCUT2D eigenvalue weighted by Gasteiger charge is -2.26. The zero-order chi connectivity index (χ0) is 25.2. The van der Waals surface area contributed by atoms with E-state index in [1.807, 2.05) is 68.4 Å². The molecule has 1 amide bonds. The zero-order valence-corrected chi connectivity index (χ0v) is 21.3. The summed E-state index contributed by atoms with van der Waals surface area (Å²) in [5.41, 5.74) is 4.27. The summed E-state index contributed by atoms with van der Waals surface area (Å²) in [5, 5.41) is 11.5. The van der Waals surface area contributed by atoms with Crippen molar-refractivity contribution in [2.24, 2.45) is 0 Å². The molecular formula is C28H36N2O4. The minimum Gasteiger partial charge on any atom is -0.507 e. The molecule has 2 aromatic carbocycles. The largest absolute Gasteiger partial charge is 0.507 e. The summed E-state index contributed by atoms with van der Waals surface area (Å²) in [4.78, 5) is 29.9. The van der Waals surface area contributed by atoms with E-state index in [0.717, 1.165) is 22.4 Å². The van der Waals surface area contributed by atoms with Crippen LogP contribution >= 0.6 is 0 Å². The van der Waals surface area contributed by atoms with Crippen LogP contribution in [0.15, 0.2) is 48.0 Å². The topological polar surface area (TPSA) is 70.1 Å². The number of aryl methyl sites for hydroxylation is 1.